The molecule has 3 heterocycles. The molecule has 0 saturated carbocycles. The highest BCUT2D eigenvalue weighted by atomic mass is 16.2. The minimum atomic E-state index is 0.0581. The second-order valence-corrected chi connectivity index (χ2v) is 8.56. The number of hydrogen-bond acceptors (Lipinski definition) is 6. The Morgan fingerprint density at radius 1 is 1.19 bits per heavy atom. The number of amides is 1. The predicted molar refractivity (Wildman–Crippen MR) is 124 cm³/mol. The monoisotopic (exact) mass is 430 g/mol. The molecule has 9 heteroatoms. The molecule has 9 nitrogen and oxygen atoms in total. The number of rotatable bonds is 8. The summed E-state index contributed by atoms with van der Waals surface area (Å²) in [6.45, 7) is 14.2. The summed E-state index contributed by atoms with van der Waals surface area (Å²) in [6.07, 6.45) is 5.60. The van der Waals surface area contributed by atoms with Gasteiger partial charge in [-0.2, -0.15) is 0 Å². The number of nitrogens with zero attached hydrogens (tertiary/aromatic N) is 6. The average Bonchev–Trinajstić information content (AvgIpc) is 3.25. The number of carbonyl (C=O) groups excluding carboxylic acids is 1. The summed E-state index contributed by atoms with van der Waals surface area (Å²) >= 11 is 0. The summed E-state index contributed by atoms with van der Waals surface area (Å²) in [5.74, 6) is 1.99. The van der Waals surface area contributed by atoms with Gasteiger partial charge in [0.1, 0.15) is 0 Å². The van der Waals surface area contributed by atoms with Crippen molar-refractivity contribution in [1.82, 2.24) is 30.4 Å². The maximum Gasteiger partial charge on any atom is 0.225 e. The summed E-state index contributed by atoms with van der Waals surface area (Å²) in [5, 5.41) is 6.85. The van der Waals surface area contributed by atoms with E-state index in [-0.39, 0.29) is 17.9 Å². The second-order valence-electron chi connectivity index (χ2n) is 8.56. The average molecular weight is 431 g/mol. The molecule has 0 aliphatic carbocycles. The number of likely N-dealkylation sites (tertiary alicyclic amines) is 1. The molecule has 2 N–H and O–H groups in total. The molecule has 0 aromatic carbocycles. The van der Waals surface area contributed by atoms with Gasteiger partial charge in [-0.15, -0.1) is 0 Å². The Balaban J connectivity index is 1.37. The van der Waals surface area contributed by atoms with Crippen LogP contribution in [0.4, 0.5) is 5.95 Å². The number of nitrogens with one attached hydrogen (secondary N) is 2. The fourth-order valence-corrected chi connectivity index (χ4v) is 4.07. The fourth-order valence-electron chi connectivity index (χ4n) is 4.07. The number of aromatic nitrogens is 2. The van der Waals surface area contributed by atoms with E-state index in [9.17, 15) is 4.79 Å². The zero-order valence-electron chi connectivity index (χ0n) is 19.3. The van der Waals surface area contributed by atoms with E-state index in [0.29, 0.717) is 0 Å². The molecule has 1 unspecified atom stereocenters. The molecule has 172 valence electrons. The minimum Gasteiger partial charge on any atom is -0.357 e. The van der Waals surface area contributed by atoms with E-state index < -0.39 is 0 Å². The van der Waals surface area contributed by atoms with E-state index in [0.717, 1.165) is 83.7 Å². The number of hydrogen-bond donors (Lipinski definition) is 2. The maximum atomic E-state index is 12.2. The van der Waals surface area contributed by atoms with Crippen LogP contribution in [0.25, 0.3) is 0 Å². The lowest BCUT2D eigenvalue weighted by Gasteiger charge is -2.34. The molecule has 0 radical (unpaired) electrons. The minimum absolute atomic E-state index is 0.0581. The molecule has 3 rings (SSSR count). The molecule has 2 aliphatic rings. The van der Waals surface area contributed by atoms with Crippen molar-refractivity contribution in [2.24, 2.45) is 10.9 Å². The van der Waals surface area contributed by atoms with Crippen LogP contribution in [0.15, 0.2) is 23.5 Å². The molecule has 0 bridgehead atoms. The van der Waals surface area contributed by atoms with Gasteiger partial charge in [-0.3, -0.25) is 14.7 Å². The molecule has 1 amide bonds. The lowest BCUT2D eigenvalue weighted by Crippen LogP contribution is -2.47. The van der Waals surface area contributed by atoms with Gasteiger partial charge in [0.05, 0.1) is 0 Å². The maximum absolute atomic E-state index is 12.2. The zero-order valence-corrected chi connectivity index (χ0v) is 19.3. The Kier molecular flexibility index (Phi) is 8.87. The smallest absolute Gasteiger partial charge is 0.225 e. The van der Waals surface area contributed by atoms with Crippen LogP contribution in [-0.2, 0) is 4.79 Å². The van der Waals surface area contributed by atoms with Gasteiger partial charge in [0.15, 0.2) is 5.96 Å². The number of guanidine groups is 1. The summed E-state index contributed by atoms with van der Waals surface area (Å²) < 4.78 is 0. The van der Waals surface area contributed by atoms with E-state index in [1.807, 2.05) is 24.8 Å². The topological polar surface area (TPSA) is 89.0 Å². The van der Waals surface area contributed by atoms with Crippen LogP contribution >= 0.6 is 0 Å². The fraction of sp³-hybridized carbons (Fsp3) is 0.727. The normalized spacial score (nSPS) is 20.4. The second kappa shape index (κ2) is 11.8. The van der Waals surface area contributed by atoms with Gasteiger partial charge in [0.2, 0.25) is 11.9 Å². The molecule has 1 atom stereocenters. The van der Waals surface area contributed by atoms with Gasteiger partial charge in [-0.1, -0.05) is 13.8 Å². The lowest BCUT2D eigenvalue weighted by molar-refractivity contribution is -0.133. The van der Waals surface area contributed by atoms with E-state index >= 15 is 0 Å². The van der Waals surface area contributed by atoms with Crippen LogP contribution in [0.5, 0.6) is 0 Å². The number of anilines is 1. The third kappa shape index (κ3) is 7.05. The van der Waals surface area contributed by atoms with Gasteiger partial charge in [-0.25, -0.2) is 9.97 Å². The summed E-state index contributed by atoms with van der Waals surface area (Å²) in [5.41, 5.74) is 0. The van der Waals surface area contributed by atoms with E-state index in [1.54, 1.807) is 12.4 Å². The first-order valence-electron chi connectivity index (χ1n) is 11.6. The molecule has 2 fully saturated rings. The highest BCUT2D eigenvalue weighted by Gasteiger charge is 2.28. The summed E-state index contributed by atoms with van der Waals surface area (Å²) in [4.78, 5) is 32.4. The third-order valence-electron chi connectivity index (χ3n) is 5.79. The van der Waals surface area contributed by atoms with Crippen molar-refractivity contribution >= 4 is 17.8 Å². The number of carbonyl (C=O) groups is 1. The number of aliphatic imine (C=N–C) groups is 1. The first-order chi connectivity index (χ1) is 15.1. The van der Waals surface area contributed by atoms with Crippen LogP contribution in [-0.4, -0.2) is 96.6 Å². The van der Waals surface area contributed by atoms with Gasteiger partial charge in [-0.05, 0) is 25.8 Å². The molecule has 2 saturated heterocycles. The Labute approximate surface area is 186 Å². The molecular formula is C22H38N8O. The van der Waals surface area contributed by atoms with Gasteiger partial charge >= 0.3 is 0 Å². The lowest BCUT2D eigenvalue weighted by atomic mass is 10.2. The highest BCUT2D eigenvalue weighted by molar-refractivity contribution is 5.81. The van der Waals surface area contributed by atoms with Crippen LogP contribution in [0, 0.1) is 5.92 Å². The van der Waals surface area contributed by atoms with Crippen LogP contribution in [0.3, 0.4) is 0 Å². The highest BCUT2D eigenvalue weighted by Crippen LogP contribution is 2.13. The Morgan fingerprint density at radius 3 is 2.61 bits per heavy atom. The molecule has 2 aliphatic heterocycles. The summed E-state index contributed by atoms with van der Waals surface area (Å²) in [7, 11) is 0. The van der Waals surface area contributed by atoms with Crippen molar-refractivity contribution in [3.63, 3.8) is 0 Å². The Bertz CT molecular complexity index is 703. The Morgan fingerprint density at radius 2 is 1.94 bits per heavy atom. The molecule has 1 aromatic rings. The van der Waals surface area contributed by atoms with E-state index in [1.165, 1.54) is 0 Å². The van der Waals surface area contributed by atoms with E-state index in [2.05, 4.69) is 37.3 Å². The van der Waals surface area contributed by atoms with Crippen LogP contribution in [0.2, 0.25) is 0 Å². The van der Waals surface area contributed by atoms with Crippen molar-refractivity contribution in [2.75, 3.05) is 63.8 Å². The largest absolute Gasteiger partial charge is 0.357 e. The van der Waals surface area contributed by atoms with Crippen molar-refractivity contribution < 1.29 is 4.79 Å². The van der Waals surface area contributed by atoms with Crippen molar-refractivity contribution in [3.8, 4) is 0 Å². The SMILES string of the molecule is CCNC(=NCCCN1CCN(c2ncccn2)CC1)NC1CCN(C(=O)C(C)C)C1. The molecule has 31 heavy (non-hydrogen) atoms. The van der Waals surface area contributed by atoms with Crippen LogP contribution < -0.4 is 15.5 Å². The van der Waals surface area contributed by atoms with Crippen molar-refractivity contribution in [1.29, 1.82) is 0 Å². The van der Waals surface area contributed by atoms with Crippen LogP contribution in [0.1, 0.15) is 33.6 Å². The first-order valence-corrected chi connectivity index (χ1v) is 11.6. The standard InChI is InChI=1S/C22H38N8O/c1-4-23-21(27-19-7-12-30(17-19)20(31)18(2)3)24-10-6-11-28-13-15-29(16-14-28)22-25-8-5-9-26-22/h5,8-9,18-19H,4,6-7,10-17H2,1-3H3,(H2,23,24,27). The van der Waals surface area contributed by atoms with Gasteiger partial charge in [0, 0.05) is 83.3 Å². The van der Waals surface area contributed by atoms with E-state index in [4.69, 9.17) is 4.99 Å². The van der Waals surface area contributed by atoms with Gasteiger partial charge < -0.3 is 20.4 Å². The first kappa shape index (κ1) is 23.2. The predicted octanol–water partition coefficient (Wildman–Crippen LogP) is 0.801. The number of piperazine rings is 1. The Hall–Kier alpha value is -2.42. The quantitative estimate of drug-likeness (QED) is 0.358. The summed E-state index contributed by atoms with van der Waals surface area (Å²) in [6, 6.07) is 2.12. The third-order valence-corrected chi connectivity index (χ3v) is 5.79. The van der Waals surface area contributed by atoms with Gasteiger partial charge in [0.25, 0.3) is 0 Å². The van der Waals surface area contributed by atoms with Crippen molar-refractivity contribution in [3.05, 3.63) is 18.5 Å². The van der Waals surface area contributed by atoms with Crippen molar-refractivity contribution in [2.45, 2.75) is 39.7 Å². The molecule has 0 spiro atoms. The molecule has 1 aromatic heterocycles. The zero-order chi connectivity index (χ0) is 22.1. The molecular weight excluding hydrogens is 392 g/mol.